The molecule has 0 heterocycles. The van der Waals surface area contributed by atoms with E-state index in [0.717, 1.165) is 17.7 Å². The van der Waals surface area contributed by atoms with Crippen LogP contribution in [-0.4, -0.2) is 6.61 Å². The summed E-state index contributed by atoms with van der Waals surface area (Å²) in [6, 6.07) is 8.62. The Kier molecular flexibility index (Phi) is 2.63. The summed E-state index contributed by atoms with van der Waals surface area (Å²) >= 11 is 0. The summed E-state index contributed by atoms with van der Waals surface area (Å²) in [5, 5.41) is 8.94. The Morgan fingerprint density at radius 2 is 2.31 bits per heavy atom. The van der Waals surface area contributed by atoms with E-state index in [1.54, 1.807) is 0 Å². The molecule has 0 saturated heterocycles. The van der Waals surface area contributed by atoms with Gasteiger partial charge >= 0.3 is 0 Å². The van der Waals surface area contributed by atoms with Crippen LogP contribution in [0, 0.1) is 24.2 Å². The van der Waals surface area contributed by atoms with Gasteiger partial charge in [-0.3, -0.25) is 0 Å². The van der Waals surface area contributed by atoms with E-state index >= 15 is 0 Å². The van der Waals surface area contributed by atoms with Crippen LogP contribution < -0.4 is 4.74 Å². The molecule has 2 nitrogen and oxygen atoms in total. The summed E-state index contributed by atoms with van der Waals surface area (Å²) in [5.41, 5.74) is 2.49. The van der Waals surface area contributed by atoms with Crippen molar-refractivity contribution in [3.63, 3.8) is 0 Å². The summed E-state index contributed by atoms with van der Waals surface area (Å²) in [6.07, 6.45) is 0.983. The van der Waals surface area contributed by atoms with E-state index in [-0.39, 0.29) is 11.3 Å². The molecule has 0 N–H and O–H groups in total. The molecule has 2 atom stereocenters. The summed E-state index contributed by atoms with van der Waals surface area (Å²) in [7, 11) is 0. The highest BCUT2D eigenvalue weighted by Gasteiger charge is 2.51. The Bertz CT molecular complexity index is 447. The molecule has 1 saturated carbocycles. The van der Waals surface area contributed by atoms with Crippen molar-refractivity contribution in [1.82, 2.24) is 0 Å². The number of hydrogen-bond donors (Lipinski definition) is 0. The Labute approximate surface area is 96.9 Å². The van der Waals surface area contributed by atoms with Crippen LogP contribution in [0.25, 0.3) is 0 Å². The molecule has 0 radical (unpaired) electrons. The minimum atomic E-state index is 0.0737. The van der Waals surface area contributed by atoms with Crippen LogP contribution in [0.15, 0.2) is 18.2 Å². The van der Waals surface area contributed by atoms with Crippen molar-refractivity contribution in [1.29, 1.82) is 5.26 Å². The van der Waals surface area contributed by atoms with Crippen molar-refractivity contribution in [3.05, 3.63) is 29.3 Å². The zero-order valence-electron chi connectivity index (χ0n) is 10.1. The van der Waals surface area contributed by atoms with Crippen LogP contribution in [0.5, 0.6) is 5.75 Å². The molecule has 1 fully saturated rings. The van der Waals surface area contributed by atoms with Gasteiger partial charge in [-0.05, 0) is 37.5 Å². The summed E-state index contributed by atoms with van der Waals surface area (Å²) < 4.78 is 5.51. The zero-order valence-corrected chi connectivity index (χ0v) is 10.1. The number of hydrogen-bond acceptors (Lipinski definition) is 2. The fraction of sp³-hybridized carbons (Fsp3) is 0.500. The van der Waals surface area contributed by atoms with Gasteiger partial charge in [-0.15, -0.1) is 0 Å². The van der Waals surface area contributed by atoms with E-state index in [4.69, 9.17) is 10.00 Å². The number of nitriles is 1. The number of aryl methyl sites for hydroxylation is 1. The van der Waals surface area contributed by atoms with Gasteiger partial charge in [-0.25, -0.2) is 0 Å². The van der Waals surface area contributed by atoms with Crippen LogP contribution in [0.4, 0.5) is 0 Å². The standard InChI is InChI=1S/C14H17NO/c1-4-16-13-6-5-11(7-10(13)2)14(3)8-12(14)9-15/h5-7,12H,4,8H2,1-3H3. The lowest BCUT2D eigenvalue weighted by Gasteiger charge is -2.13. The van der Waals surface area contributed by atoms with E-state index in [1.165, 1.54) is 5.56 Å². The predicted molar refractivity (Wildman–Crippen MR) is 63.4 cm³/mol. The van der Waals surface area contributed by atoms with Gasteiger partial charge in [-0.1, -0.05) is 19.1 Å². The molecule has 1 aromatic rings. The smallest absolute Gasteiger partial charge is 0.122 e. The van der Waals surface area contributed by atoms with Crippen molar-refractivity contribution in [3.8, 4) is 11.8 Å². The molecule has 2 rings (SSSR count). The molecule has 1 aromatic carbocycles. The van der Waals surface area contributed by atoms with Gasteiger partial charge in [0.2, 0.25) is 0 Å². The van der Waals surface area contributed by atoms with E-state index in [9.17, 15) is 0 Å². The average Bonchev–Trinajstić information content (AvgIpc) is 2.94. The molecule has 0 aliphatic heterocycles. The molecular weight excluding hydrogens is 198 g/mol. The lowest BCUT2D eigenvalue weighted by Crippen LogP contribution is -2.04. The molecule has 0 amide bonds. The third-order valence-corrected chi connectivity index (χ3v) is 3.53. The molecule has 2 heteroatoms. The fourth-order valence-corrected chi connectivity index (χ4v) is 2.19. The number of nitrogens with zero attached hydrogens (tertiary/aromatic N) is 1. The summed E-state index contributed by atoms with van der Waals surface area (Å²) in [5.74, 6) is 1.13. The fourth-order valence-electron chi connectivity index (χ4n) is 2.19. The number of rotatable bonds is 3. The van der Waals surface area contributed by atoms with Crippen LogP contribution in [0.2, 0.25) is 0 Å². The molecule has 0 aromatic heterocycles. The summed E-state index contributed by atoms with van der Waals surface area (Å²) in [6.45, 7) is 6.90. The quantitative estimate of drug-likeness (QED) is 0.775. The first-order valence-electron chi connectivity index (χ1n) is 5.75. The number of ether oxygens (including phenoxy) is 1. The monoisotopic (exact) mass is 215 g/mol. The molecule has 0 bridgehead atoms. The molecular formula is C14H17NO. The molecule has 2 unspecified atom stereocenters. The summed E-state index contributed by atoms with van der Waals surface area (Å²) in [4.78, 5) is 0. The van der Waals surface area contributed by atoms with Crippen molar-refractivity contribution < 1.29 is 4.74 Å². The zero-order chi connectivity index (χ0) is 11.8. The van der Waals surface area contributed by atoms with Crippen LogP contribution in [0.1, 0.15) is 31.4 Å². The Morgan fingerprint density at radius 1 is 1.56 bits per heavy atom. The molecule has 0 spiro atoms. The highest BCUT2D eigenvalue weighted by molar-refractivity contribution is 5.43. The van der Waals surface area contributed by atoms with Gasteiger partial charge in [0, 0.05) is 5.41 Å². The van der Waals surface area contributed by atoms with E-state index < -0.39 is 0 Å². The van der Waals surface area contributed by atoms with Crippen molar-refractivity contribution in [2.24, 2.45) is 5.92 Å². The lowest BCUT2D eigenvalue weighted by molar-refractivity contribution is 0.337. The maximum atomic E-state index is 8.94. The Morgan fingerprint density at radius 3 is 2.81 bits per heavy atom. The predicted octanol–water partition coefficient (Wildman–Crippen LogP) is 3.19. The van der Waals surface area contributed by atoms with Gasteiger partial charge < -0.3 is 4.74 Å². The molecule has 1 aliphatic carbocycles. The molecule has 1 aliphatic rings. The van der Waals surface area contributed by atoms with Gasteiger partial charge in [0.05, 0.1) is 18.6 Å². The first kappa shape index (κ1) is 11.0. The second-order valence-electron chi connectivity index (χ2n) is 4.72. The van der Waals surface area contributed by atoms with Gasteiger partial charge in [0.15, 0.2) is 0 Å². The minimum absolute atomic E-state index is 0.0737. The third kappa shape index (κ3) is 1.67. The highest BCUT2D eigenvalue weighted by Crippen LogP contribution is 2.53. The number of benzene rings is 1. The lowest BCUT2D eigenvalue weighted by atomic mass is 9.94. The average molecular weight is 215 g/mol. The van der Waals surface area contributed by atoms with Gasteiger partial charge in [0.25, 0.3) is 0 Å². The van der Waals surface area contributed by atoms with E-state index in [0.29, 0.717) is 6.61 Å². The van der Waals surface area contributed by atoms with Gasteiger partial charge in [-0.2, -0.15) is 5.26 Å². The van der Waals surface area contributed by atoms with Gasteiger partial charge in [0.1, 0.15) is 5.75 Å². The van der Waals surface area contributed by atoms with Crippen molar-refractivity contribution >= 4 is 0 Å². The minimum Gasteiger partial charge on any atom is -0.494 e. The maximum absolute atomic E-state index is 8.94. The van der Waals surface area contributed by atoms with E-state index in [2.05, 4.69) is 32.0 Å². The molecule has 16 heavy (non-hydrogen) atoms. The maximum Gasteiger partial charge on any atom is 0.122 e. The SMILES string of the molecule is CCOc1ccc(C2(C)CC2C#N)cc1C. The molecule has 84 valence electrons. The van der Waals surface area contributed by atoms with E-state index in [1.807, 2.05) is 13.0 Å². The van der Waals surface area contributed by atoms with Crippen LogP contribution in [-0.2, 0) is 5.41 Å². The Balaban J connectivity index is 2.26. The second kappa shape index (κ2) is 3.83. The van der Waals surface area contributed by atoms with Crippen molar-refractivity contribution in [2.45, 2.75) is 32.6 Å². The largest absolute Gasteiger partial charge is 0.494 e. The Hall–Kier alpha value is -1.49. The normalized spacial score (nSPS) is 27.2. The third-order valence-electron chi connectivity index (χ3n) is 3.53. The van der Waals surface area contributed by atoms with Crippen molar-refractivity contribution in [2.75, 3.05) is 6.61 Å². The topological polar surface area (TPSA) is 33.0 Å². The first-order valence-corrected chi connectivity index (χ1v) is 5.75. The van der Waals surface area contributed by atoms with Crippen LogP contribution in [0.3, 0.4) is 0 Å². The highest BCUT2D eigenvalue weighted by atomic mass is 16.5. The first-order chi connectivity index (χ1) is 7.61. The second-order valence-corrected chi connectivity index (χ2v) is 4.72. The van der Waals surface area contributed by atoms with Crippen LogP contribution >= 0.6 is 0 Å².